The molecule has 3 aromatic carbocycles. The largest absolute Gasteiger partial charge is 0.494 e. The van der Waals surface area contributed by atoms with Gasteiger partial charge in [-0.2, -0.15) is 0 Å². The molecule has 1 saturated heterocycles. The van der Waals surface area contributed by atoms with Crippen LogP contribution in [0.3, 0.4) is 0 Å². The normalized spacial score (nSPS) is 16.4. The van der Waals surface area contributed by atoms with Gasteiger partial charge in [0.25, 0.3) is 11.8 Å². The highest BCUT2D eigenvalue weighted by Crippen LogP contribution is 2.43. The number of aryl methyl sites for hydroxylation is 2. The predicted octanol–water partition coefficient (Wildman–Crippen LogP) is 7.11. The average molecular weight is 964 g/mol. The van der Waals surface area contributed by atoms with Gasteiger partial charge in [0.15, 0.2) is 29.6 Å². The topological polar surface area (TPSA) is 220 Å². The van der Waals surface area contributed by atoms with Gasteiger partial charge >= 0.3 is 0 Å². The molecule has 2 aromatic heterocycles. The predicted molar refractivity (Wildman–Crippen MR) is 254 cm³/mol. The molecule has 0 aliphatic carbocycles. The third-order valence-electron chi connectivity index (χ3n) is 12.2. The number of hydrogen-bond donors (Lipinski definition) is 3. The second kappa shape index (κ2) is 20.9. The molecule has 20 heteroatoms. The molecule has 1 fully saturated rings. The summed E-state index contributed by atoms with van der Waals surface area (Å²) in [5.74, 6) is 0.606. The third kappa shape index (κ3) is 10.3. The Hall–Kier alpha value is -6.99. The number of fused-ring (bicyclic) bond motifs is 4. The maximum atomic E-state index is 13.4. The van der Waals surface area contributed by atoms with Crippen molar-refractivity contribution in [1.29, 1.82) is 0 Å². The number of rotatable bonds is 18. The van der Waals surface area contributed by atoms with Gasteiger partial charge in [0.2, 0.25) is 17.7 Å². The monoisotopic (exact) mass is 962 g/mol. The highest BCUT2D eigenvalue weighted by Gasteiger charge is 2.34. The fourth-order valence-corrected chi connectivity index (χ4v) is 9.75. The number of unbranched alkanes of at least 4 members (excludes halogenated alkanes) is 1. The molecule has 18 nitrogen and oxygen atoms in total. The minimum atomic E-state index is -0.580. The van der Waals surface area contributed by atoms with Gasteiger partial charge in [-0.05, 0) is 76.3 Å². The van der Waals surface area contributed by atoms with Crippen molar-refractivity contribution < 1.29 is 38.2 Å². The van der Waals surface area contributed by atoms with Crippen molar-refractivity contribution >= 4 is 69.6 Å². The molecule has 5 amide bonds. The van der Waals surface area contributed by atoms with E-state index in [-0.39, 0.29) is 72.1 Å². The second-order valence-electron chi connectivity index (χ2n) is 16.6. The van der Waals surface area contributed by atoms with E-state index in [0.717, 1.165) is 32.3 Å². The van der Waals surface area contributed by atoms with Crippen LogP contribution < -0.4 is 30.2 Å². The van der Waals surface area contributed by atoms with Crippen LogP contribution in [0.25, 0.3) is 5.00 Å². The van der Waals surface area contributed by atoms with E-state index >= 15 is 0 Å². The molecule has 0 spiro atoms. The summed E-state index contributed by atoms with van der Waals surface area (Å²) in [6.07, 6.45) is 2.50. The van der Waals surface area contributed by atoms with Gasteiger partial charge < -0.3 is 29.7 Å². The molecule has 1 unspecified atom stereocenters. The molecular formula is C48H51ClN10O8S. The van der Waals surface area contributed by atoms with Gasteiger partial charge in [0.1, 0.15) is 22.6 Å². The molecule has 3 N–H and O–H groups in total. The van der Waals surface area contributed by atoms with Gasteiger partial charge in [-0.1, -0.05) is 29.8 Å². The first-order valence-corrected chi connectivity index (χ1v) is 23.5. The maximum absolute atomic E-state index is 13.4. The van der Waals surface area contributed by atoms with Gasteiger partial charge in [-0.3, -0.25) is 38.8 Å². The Bertz CT molecular complexity index is 2810. The van der Waals surface area contributed by atoms with Crippen molar-refractivity contribution in [2.24, 2.45) is 21.1 Å². The highest BCUT2D eigenvalue weighted by atomic mass is 35.5. The van der Waals surface area contributed by atoms with Crippen LogP contribution in [0.2, 0.25) is 5.02 Å². The maximum Gasteiger partial charge on any atom is 0.257 e. The number of thiophene rings is 1. The van der Waals surface area contributed by atoms with Crippen LogP contribution in [0.4, 0.5) is 11.4 Å². The number of aliphatic imine (C=N–C) groups is 1. The number of carbonyl (C=O) groups is 5. The summed E-state index contributed by atoms with van der Waals surface area (Å²) in [7, 11) is 2.93. The van der Waals surface area contributed by atoms with E-state index in [9.17, 15) is 24.0 Å². The minimum absolute atomic E-state index is 0.0720. The third-order valence-corrected chi connectivity index (χ3v) is 13.6. The number of hydrogen-bond acceptors (Lipinski definition) is 14. The summed E-state index contributed by atoms with van der Waals surface area (Å²) in [5.41, 5.74) is 5.75. The van der Waals surface area contributed by atoms with Crippen molar-refractivity contribution in [2.75, 3.05) is 40.5 Å². The number of azo groups is 1. The van der Waals surface area contributed by atoms with Gasteiger partial charge in [-0.25, -0.2) is 0 Å². The summed E-state index contributed by atoms with van der Waals surface area (Å²) in [6, 6.07) is 15.3. The SMILES string of the molecule is COc1cc(OCC(=O)NCCCCNC(=O)C[C@@H]2N=C(c3ccc(Cl)cc3)c3c(sc(C)c3C)-n3c(C)nnc32)cc(OC)c1/N=N/c1cccc2c1CN(CCC1CCC(=O)NC1=O)C2=O. The highest BCUT2D eigenvalue weighted by molar-refractivity contribution is 7.15. The summed E-state index contributed by atoms with van der Waals surface area (Å²) in [6.45, 7) is 7.21. The van der Waals surface area contributed by atoms with Crippen LogP contribution in [0.1, 0.15) is 93.7 Å². The van der Waals surface area contributed by atoms with Crippen LogP contribution in [0.5, 0.6) is 17.2 Å². The van der Waals surface area contributed by atoms with E-state index in [1.54, 1.807) is 46.6 Å². The Kier molecular flexibility index (Phi) is 14.6. The number of carbonyl (C=O) groups excluding carboxylic acids is 5. The molecule has 5 heterocycles. The van der Waals surface area contributed by atoms with E-state index < -0.39 is 6.04 Å². The summed E-state index contributed by atoms with van der Waals surface area (Å²) in [4.78, 5) is 71.2. The molecule has 354 valence electrons. The summed E-state index contributed by atoms with van der Waals surface area (Å²) >= 11 is 7.89. The molecule has 5 aromatic rings. The molecule has 0 bridgehead atoms. The molecule has 3 aliphatic heterocycles. The standard InChI is InChI=1S/C48H51ClN10O8S/c1-26-27(2)68-48-42(26)43(29-11-14-31(49)15-12-29)52-36(45-57-54-28(3)59(45)48)23-40(61)50-18-6-7-19-51-41(62)25-67-32-21-37(65-4)44(38(22-32)66-5)56-55-35-10-8-9-33-34(35)24-58(47(33)64)20-17-30-13-16-39(60)53-46(30)63/h8-12,14-15,21-22,30,36H,6-7,13,16-20,23-25H2,1-5H3,(H,50,61)(H,51,62)(H,53,60,63)/b56-55+/t30?,36-/m0/s1. The summed E-state index contributed by atoms with van der Waals surface area (Å²) < 4.78 is 19.0. The zero-order valence-corrected chi connectivity index (χ0v) is 39.9. The lowest BCUT2D eigenvalue weighted by Gasteiger charge is -2.23. The number of nitrogens with zero attached hydrogens (tertiary/aromatic N) is 7. The van der Waals surface area contributed by atoms with Gasteiger partial charge in [-0.15, -0.1) is 31.8 Å². The fraction of sp³-hybridized carbons (Fsp3) is 0.375. The minimum Gasteiger partial charge on any atom is -0.494 e. The number of ether oxygens (including phenoxy) is 3. The van der Waals surface area contributed by atoms with Crippen molar-refractivity contribution in [3.05, 3.63) is 104 Å². The smallest absolute Gasteiger partial charge is 0.257 e. The van der Waals surface area contributed by atoms with E-state index in [2.05, 4.69) is 50.2 Å². The zero-order chi connectivity index (χ0) is 48.1. The summed E-state index contributed by atoms with van der Waals surface area (Å²) in [5, 5.41) is 27.6. The Labute approximate surface area is 401 Å². The van der Waals surface area contributed by atoms with E-state index in [1.807, 2.05) is 35.8 Å². The molecule has 8 rings (SSSR count). The Morgan fingerprint density at radius 3 is 2.37 bits per heavy atom. The van der Waals surface area contributed by atoms with Crippen LogP contribution in [0, 0.1) is 26.7 Å². The van der Waals surface area contributed by atoms with Crippen molar-refractivity contribution in [2.45, 2.75) is 71.9 Å². The van der Waals surface area contributed by atoms with Crippen molar-refractivity contribution in [1.82, 2.24) is 35.6 Å². The average Bonchev–Trinajstić information content (AvgIpc) is 3.94. The van der Waals surface area contributed by atoms with E-state index in [4.69, 9.17) is 30.8 Å². The van der Waals surface area contributed by atoms with Gasteiger partial charge in [0, 0.05) is 82.8 Å². The first-order chi connectivity index (χ1) is 32.8. The quantitative estimate of drug-likeness (QED) is 0.0459. The van der Waals surface area contributed by atoms with E-state index in [1.165, 1.54) is 14.2 Å². The first kappa shape index (κ1) is 47.5. The number of imide groups is 1. The number of nitrogens with one attached hydrogen (secondary N) is 3. The number of piperidine rings is 1. The molecule has 3 aliphatic rings. The number of halogens is 1. The fourth-order valence-electron chi connectivity index (χ4n) is 8.41. The molecule has 0 radical (unpaired) electrons. The zero-order valence-electron chi connectivity index (χ0n) is 38.3. The lowest BCUT2D eigenvalue weighted by molar-refractivity contribution is -0.136. The Balaban J connectivity index is 0.811. The van der Waals surface area contributed by atoms with Crippen LogP contribution in [-0.2, 0) is 25.7 Å². The lowest BCUT2D eigenvalue weighted by Crippen LogP contribution is -2.42. The van der Waals surface area contributed by atoms with Crippen LogP contribution >= 0.6 is 22.9 Å². The number of methoxy groups -OCH3 is 2. The Morgan fingerprint density at radius 1 is 0.941 bits per heavy atom. The molecule has 2 atom stereocenters. The molecular weight excluding hydrogens is 912 g/mol. The first-order valence-electron chi connectivity index (χ1n) is 22.3. The van der Waals surface area contributed by atoms with Crippen molar-refractivity contribution in [3.8, 4) is 22.2 Å². The van der Waals surface area contributed by atoms with E-state index in [0.29, 0.717) is 91.1 Å². The molecule has 68 heavy (non-hydrogen) atoms. The lowest BCUT2D eigenvalue weighted by atomic mass is 9.94. The van der Waals surface area contributed by atoms with Gasteiger partial charge in [0.05, 0.1) is 32.0 Å². The number of amides is 5. The Morgan fingerprint density at radius 2 is 1.66 bits per heavy atom. The van der Waals surface area contributed by atoms with Crippen molar-refractivity contribution in [3.63, 3.8) is 0 Å². The number of benzene rings is 3. The second-order valence-corrected chi connectivity index (χ2v) is 18.3. The number of aromatic nitrogens is 3. The molecule has 0 saturated carbocycles. The van der Waals surface area contributed by atoms with Crippen LogP contribution in [-0.4, -0.2) is 95.4 Å². The van der Waals surface area contributed by atoms with Crippen LogP contribution in [0.15, 0.2) is 69.8 Å².